The molecule has 0 aliphatic rings. The van der Waals surface area contributed by atoms with E-state index in [0.717, 1.165) is 16.7 Å². The van der Waals surface area contributed by atoms with Crippen LogP contribution in [0.15, 0.2) is 71.7 Å². The third-order valence-corrected chi connectivity index (χ3v) is 4.43. The summed E-state index contributed by atoms with van der Waals surface area (Å²) in [6.45, 7) is 2.04. The topological polar surface area (TPSA) is 47.8 Å². The first kappa shape index (κ1) is 17.4. The molecule has 2 aromatic carbocycles. The predicted molar refractivity (Wildman–Crippen MR) is 113 cm³/mol. The van der Waals surface area contributed by atoms with E-state index in [1.54, 1.807) is 22.9 Å². The van der Waals surface area contributed by atoms with E-state index in [2.05, 4.69) is 22.0 Å². The lowest BCUT2D eigenvalue weighted by Gasteiger charge is -2.11. The van der Waals surface area contributed by atoms with Gasteiger partial charge in [-0.25, -0.2) is 9.97 Å². The molecule has 0 bridgehead atoms. The van der Waals surface area contributed by atoms with Gasteiger partial charge in [0.25, 0.3) is 5.56 Å². The van der Waals surface area contributed by atoms with Crippen molar-refractivity contribution in [1.29, 1.82) is 0 Å². The van der Waals surface area contributed by atoms with E-state index in [9.17, 15) is 4.79 Å². The zero-order valence-corrected chi connectivity index (χ0v) is 15.3. The highest BCUT2D eigenvalue weighted by atomic mass is 16.1. The molecular weight excluding hydrogens is 346 g/mol. The highest BCUT2D eigenvalue weighted by Crippen LogP contribution is 2.15. The average molecular weight is 363 g/mol. The van der Waals surface area contributed by atoms with Crippen molar-refractivity contribution in [2.45, 2.75) is 6.92 Å². The molecule has 0 radical (unpaired) electrons. The molecule has 4 nitrogen and oxygen atoms in total. The maximum Gasteiger partial charge on any atom is 0.267 e. The summed E-state index contributed by atoms with van der Waals surface area (Å²) in [6, 6.07) is 18.8. The lowest BCUT2D eigenvalue weighted by molar-refractivity contribution is 0.937. The van der Waals surface area contributed by atoms with E-state index in [1.807, 2.05) is 61.5 Å². The lowest BCUT2D eigenvalue weighted by atomic mass is 10.1. The molecule has 0 saturated heterocycles. The number of rotatable bonds is 3. The number of hydrogen-bond acceptors (Lipinski definition) is 3. The van der Waals surface area contributed by atoms with Crippen LogP contribution in [0.3, 0.4) is 0 Å². The Hall–Kier alpha value is -3.97. The van der Waals surface area contributed by atoms with Crippen LogP contribution in [-0.4, -0.2) is 14.5 Å². The van der Waals surface area contributed by atoms with E-state index < -0.39 is 0 Å². The second-order valence-electron chi connectivity index (χ2n) is 6.42. The maximum absolute atomic E-state index is 13.2. The van der Waals surface area contributed by atoms with Gasteiger partial charge in [0.1, 0.15) is 5.82 Å². The van der Waals surface area contributed by atoms with E-state index in [-0.39, 0.29) is 5.56 Å². The Morgan fingerprint density at radius 3 is 2.61 bits per heavy atom. The van der Waals surface area contributed by atoms with Crippen LogP contribution in [0.2, 0.25) is 0 Å². The Labute approximate surface area is 162 Å². The number of benzene rings is 2. The van der Waals surface area contributed by atoms with E-state index in [4.69, 9.17) is 6.42 Å². The minimum Gasteiger partial charge on any atom is -0.268 e. The fourth-order valence-corrected chi connectivity index (χ4v) is 3.05. The summed E-state index contributed by atoms with van der Waals surface area (Å²) in [5, 5.41) is 0.469. The van der Waals surface area contributed by atoms with Gasteiger partial charge in [-0.1, -0.05) is 41.8 Å². The molecule has 4 aromatic rings. The molecule has 0 aliphatic carbocycles. The van der Waals surface area contributed by atoms with Gasteiger partial charge >= 0.3 is 0 Å². The fourth-order valence-electron chi connectivity index (χ4n) is 3.05. The van der Waals surface area contributed by atoms with Gasteiger partial charge in [-0.15, -0.1) is 6.42 Å². The predicted octanol–water partition coefficient (Wildman–Crippen LogP) is 4.24. The van der Waals surface area contributed by atoms with Crippen LogP contribution in [0.1, 0.15) is 22.5 Å². The van der Waals surface area contributed by atoms with Crippen molar-refractivity contribution in [3.8, 4) is 18.0 Å². The summed E-state index contributed by atoms with van der Waals surface area (Å²) < 4.78 is 1.58. The van der Waals surface area contributed by atoms with E-state index >= 15 is 0 Å². The number of nitrogens with zero attached hydrogens (tertiary/aromatic N) is 3. The minimum atomic E-state index is -0.171. The van der Waals surface area contributed by atoms with Gasteiger partial charge in [0.05, 0.1) is 11.1 Å². The zero-order chi connectivity index (χ0) is 19.5. The molecule has 0 N–H and O–H groups in total. The number of terminal acetylenes is 1. The molecule has 0 fully saturated rings. The molecule has 0 saturated carbocycles. The molecular formula is C24H17N3O. The van der Waals surface area contributed by atoms with Crippen LogP contribution in [-0.2, 0) is 0 Å². The van der Waals surface area contributed by atoms with Crippen LogP contribution in [0.5, 0.6) is 0 Å². The Kier molecular flexibility index (Phi) is 4.57. The highest BCUT2D eigenvalue weighted by molar-refractivity contribution is 5.77. The molecule has 134 valence electrons. The summed E-state index contributed by atoms with van der Waals surface area (Å²) in [4.78, 5) is 22.0. The van der Waals surface area contributed by atoms with Crippen LogP contribution in [0.25, 0.3) is 28.9 Å². The van der Waals surface area contributed by atoms with Crippen LogP contribution in [0, 0.1) is 19.3 Å². The van der Waals surface area contributed by atoms with Crippen molar-refractivity contribution < 1.29 is 0 Å². The number of fused-ring (bicyclic) bond motifs is 1. The maximum atomic E-state index is 13.2. The van der Waals surface area contributed by atoms with Crippen molar-refractivity contribution in [3.63, 3.8) is 0 Å². The Morgan fingerprint density at radius 2 is 1.86 bits per heavy atom. The SMILES string of the molecule is C#Cc1ccc(-n2c(/C=C/c3cccc(C)c3)nc3ncccc3c2=O)cc1. The molecule has 4 rings (SSSR count). The van der Waals surface area contributed by atoms with Crippen molar-refractivity contribution >= 4 is 23.2 Å². The first-order chi connectivity index (χ1) is 13.7. The van der Waals surface area contributed by atoms with Gasteiger partial charge in [-0.05, 0) is 55.0 Å². The molecule has 0 aliphatic heterocycles. The van der Waals surface area contributed by atoms with Gasteiger partial charge in [0, 0.05) is 11.8 Å². The Balaban J connectivity index is 1.93. The Bertz CT molecular complexity index is 1290. The number of hydrogen-bond donors (Lipinski definition) is 0. The smallest absolute Gasteiger partial charge is 0.267 e. The van der Waals surface area contributed by atoms with Crippen molar-refractivity contribution in [2.24, 2.45) is 0 Å². The summed E-state index contributed by atoms with van der Waals surface area (Å²) in [6.07, 6.45) is 10.9. The lowest BCUT2D eigenvalue weighted by Crippen LogP contribution is -2.22. The van der Waals surface area contributed by atoms with E-state index in [0.29, 0.717) is 22.5 Å². The molecule has 0 spiro atoms. The summed E-state index contributed by atoms with van der Waals surface area (Å²) in [5.41, 5.74) is 3.90. The van der Waals surface area contributed by atoms with Crippen molar-refractivity contribution in [3.05, 3.63) is 99.7 Å². The standard InChI is InChI=1S/C24H17N3O/c1-3-18-9-12-20(13-10-18)27-22(14-11-19-7-4-6-17(2)16-19)26-23-21(24(27)28)8-5-15-25-23/h1,4-16H,2H3/b14-11+. The largest absolute Gasteiger partial charge is 0.268 e. The average Bonchev–Trinajstić information content (AvgIpc) is 2.73. The van der Waals surface area contributed by atoms with Gasteiger partial charge in [-0.2, -0.15) is 0 Å². The normalized spacial score (nSPS) is 11.0. The molecule has 2 heterocycles. The van der Waals surface area contributed by atoms with Crippen LogP contribution < -0.4 is 5.56 Å². The minimum absolute atomic E-state index is 0.171. The fraction of sp³-hybridized carbons (Fsp3) is 0.0417. The first-order valence-electron chi connectivity index (χ1n) is 8.85. The summed E-state index contributed by atoms with van der Waals surface area (Å²) in [5.74, 6) is 3.10. The quantitative estimate of drug-likeness (QED) is 0.512. The molecule has 4 heteroatoms. The number of pyridine rings is 1. The third-order valence-electron chi connectivity index (χ3n) is 4.43. The second kappa shape index (κ2) is 7.34. The highest BCUT2D eigenvalue weighted by Gasteiger charge is 2.11. The van der Waals surface area contributed by atoms with Crippen molar-refractivity contribution in [2.75, 3.05) is 0 Å². The molecule has 0 unspecified atom stereocenters. The van der Waals surface area contributed by atoms with Crippen LogP contribution >= 0.6 is 0 Å². The molecule has 0 amide bonds. The zero-order valence-electron chi connectivity index (χ0n) is 15.3. The van der Waals surface area contributed by atoms with Gasteiger partial charge in [-0.3, -0.25) is 9.36 Å². The van der Waals surface area contributed by atoms with Gasteiger partial charge in [0.15, 0.2) is 5.65 Å². The number of aromatic nitrogens is 3. The van der Waals surface area contributed by atoms with Crippen molar-refractivity contribution in [1.82, 2.24) is 14.5 Å². The molecule has 28 heavy (non-hydrogen) atoms. The first-order valence-corrected chi connectivity index (χ1v) is 8.85. The summed E-state index contributed by atoms with van der Waals surface area (Å²) >= 11 is 0. The van der Waals surface area contributed by atoms with E-state index in [1.165, 1.54) is 0 Å². The Morgan fingerprint density at radius 1 is 1.04 bits per heavy atom. The monoisotopic (exact) mass is 363 g/mol. The summed E-state index contributed by atoms with van der Waals surface area (Å²) in [7, 11) is 0. The van der Waals surface area contributed by atoms with Gasteiger partial charge < -0.3 is 0 Å². The second-order valence-corrected chi connectivity index (χ2v) is 6.42. The molecule has 0 atom stereocenters. The third kappa shape index (κ3) is 3.34. The van der Waals surface area contributed by atoms with Gasteiger partial charge in [0.2, 0.25) is 0 Å². The number of aryl methyl sites for hydroxylation is 1. The molecule has 2 aromatic heterocycles. The van der Waals surface area contributed by atoms with Crippen LogP contribution in [0.4, 0.5) is 0 Å².